The summed E-state index contributed by atoms with van der Waals surface area (Å²) < 4.78 is 6.15. The van der Waals surface area contributed by atoms with E-state index in [2.05, 4.69) is 29.0 Å². The Bertz CT molecular complexity index is 1250. The number of piperidine rings is 1. The van der Waals surface area contributed by atoms with Gasteiger partial charge in [0, 0.05) is 25.7 Å². The minimum Gasteiger partial charge on any atom is -0.455 e. The summed E-state index contributed by atoms with van der Waals surface area (Å²) in [5.41, 5.74) is 1.41. The second-order valence-electron chi connectivity index (χ2n) is 14.2. The summed E-state index contributed by atoms with van der Waals surface area (Å²) in [7, 11) is 3.70. The van der Waals surface area contributed by atoms with Crippen molar-refractivity contribution >= 4 is 23.7 Å². The highest BCUT2D eigenvalue weighted by atomic mass is 16.5. The number of benzene rings is 1. The SMILES string of the molecule is CCN(CC)CC(OC(=O)[C@@H]1CCCN1C(=O)C(C)=C[C@H](C(C)C)N(C)C(=O)[C@@H](NC(=O)C1CCCCN1C)C(C)C)c1ccccc1. The summed E-state index contributed by atoms with van der Waals surface area (Å²) in [5.74, 6) is -1.03. The second kappa shape index (κ2) is 18.5. The predicted octanol–water partition coefficient (Wildman–Crippen LogP) is 4.66. The Kier molecular flexibility index (Phi) is 15.1. The lowest BCUT2D eigenvalue weighted by Crippen LogP contribution is -2.57. The molecule has 48 heavy (non-hydrogen) atoms. The van der Waals surface area contributed by atoms with Crippen LogP contribution in [0.3, 0.4) is 0 Å². The third-order valence-electron chi connectivity index (χ3n) is 10.1. The Morgan fingerprint density at radius 2 is 1.58 bits per heavy atom. The molecule has 0 bridgehead atoms. The van der Waals surface area contributed by atoms with Crippen molar-refractivity contribution in [2.75, 3.05) is 46.8 Å². The van der Waals surface area contributed by atoms with E-state index in [0.717, 1.165) is 44.5 Å². The van der Waals surface area contributed by atoms with Crippen LogP contribution in [0.15, 0.2) is 42.0 Å². The number of hydrogen-bond acceptors (Lipinski definition) is 7. The molecule has 268 valence electrons. The molecule has 1 aromatic rings. The van der Waals surface area contributed by atoms with Crippen molar-refractivity contribution < 1.29 is 23.9 Å². The number of carbonyl (C=O) groups excluding carboxylic acids is 4. The molecule has 2 fully saturated rings. The van der Waals surface area contributed by atoms with Gasteiger partial charge in [0.2, 0.25) is 17.7 Å². The van der Waals surface area contributed by atoms with Gasteiger partial charge in [-0.25, -0.2) is 4.79 Å². The average molecular weight is 668 g/mol. The molecule has 0 spiro atoms. The van der Waals surface area contributed by atoms with E-state index in [4.69, 9.17) is 4.74 Å². The van der Waals surface area contributed by atoms with Crippen LogP contribution in [0.1, 0.15) is 92.2 Å². The molecule has 10 nitrogen and oxygen atoms in total. The Hall–Kier alpha value is -3.24. The fourth-order valence-corrected chi connectivity index (χ4v) is 6.91. The molecule has 0 saturated carbocycles. The molecule has 1 N–H and O–H groups in total. The van der Waals surface area contributed by atoms with Gasteiger partial charge in [0.1, 0.15) is 18.2 Å². The predicted molar refractivity (Wildman–Crippen MR) is 190 cm³/mol. The molecule has 2 heterocycles. The quantitative estimate of drug-likeness (QED) is 0.215. The van der Waals surface area contributed by atoms with Crippen LogP contribution in [-0.4, -0.2) is 114 Å². The third-order valence-corrected chi connectivity index (χ3v) is 10.1. The van der Waals surface area contributed by atoms with E-state index in [1.165, 1.54) is 0 Å². The Morgan fingerprint density at radius 1 is 0.938 bits per heavy atom. The first-order chi connectivity index (χ1) is 22.8. The molecule has 1 aromatic carbocycles. The number of hydrogen-bond donors (Lipinski definition) is 1. The summed E-state index contributed by atoms with van der Waals surface area (Å²) in [6, 6.07) is 7.79. The van der Waals surface area contributed by atoms with Gasteiger partial charge in [-0.2, -0.15) is 0 Å². The van der Waals surface area contributed by atoms with E-state index in [9.17, 15) is 19.2 Å². The molecule has 0 radical (unpaired) electrons. The van der Waals surface area contributed by atoms with E-state index in [-0.39, 0.29) is 47.6 Å². The molecule has 2 saturated heterocycles. The zero-order valence-electron chi connectivity index (χ0n) is 30.9. The van der Waals surface area contributed by atoms with Crippen LogP contribution in [-0.2, 0) is 23.9 Å². The summed E-state index contributed by atoms with van der Waals surface area (Å²) in [5, 5.41) is 3.05. The highest BCUT2D eigenvalue weighted by Gasteiger charge is 2.38. The van der Waals surface area contributed by atoms with E-state index < -0.39 is 18.2 Å². The monoisotopic (exact) mass is 667 g/mol. The zero-order chi connectivity index (χ0) is 35.5. The van der Waals surface area contributed by atoms with Gasteiger partial charge in [-0.3, -0.25) is 24.2 Å². The van der Waals surface area contributed by atoms with Crippen LogP contribution < -0.4 is 5.32 Å². The van der Waals surface area contributed by atoms with E-state index in [1.807, 2.05) is 71.2 Å². The maximum absolute atomic E-state index is 13.9. The number of rotatable bonds is 15. The van der Waals surface area contributed by atoms with Crippen molar-refractivity contribution in [3.05, 3.63) is 47.5 Å². The van der Waals surface area contributed by atoms with Gasteiger partial charge in [-0.05, 0) is 76.7 Å². The van der Waals surface area contributed by atoms with Crippen molar-refractivity contribution in [2.24, 2.45) is 11.8 Å². The van der Waals surface area contributed by atoms with Gasteiger partial charge in [0.25, 0.3) is 0 Å². The fourth-order valence-electron chi connectivity index (χ4n) is 6.91. The highest BCUT2D eigenvalue weighted by Crippen LogP contribution is 2.26. The molecule has 10 heteroatoms. The second-order valence-corrected chi connectivity index (χ2v) is 14.2. The molecule has 0 aromatic heterocycles. The van der Waals surface area contributed by atoms with Crippen molar-refractivity contribution in [3.63, 3.8) is 0 Å². The first-order valence-corrected chi connectivity index (χ1v) is 18.0. The molecular weight excluding hydrogens is 606 g/mol. The largest absolute Gasteiger partial charge is 0.455 e. The molecule has 2 aliphatic rings. The van der Waals surface area contributed by atoms with Crippen LogP contribution in [0, 0.1) is 11.8 Å². The molecular formula is C38H61N5O5. The summed E-state index contributed by atoms with van der Waals surface area (Å²) >= 11 is 0. The van der Waals surface area contributed by atoms with Crippen molar-refractivity contribution in [1.29, 1.82) is 0 Å². The fraction of sp³-hybridized carbons (Fsp3) is 0.684. The van der Waals surface area contributed by atoms with Crippen LogP contribution in [0.5, 0.6) is 0 Å². The van der Waals surface area contributed by atoms with Gasteiger partial charge in [-0.15, -0.1) is 0 Å². The van der Waals surface area contributed by atoms with Crippen molar-refractivity contribution in [2.45, 2.75) is 111 Å². The van der Waals surface area contributed by atoms with Crippen LogP contribution >= 0.6 is 0 Å². The number of esters is 1. The number of carbonyl (C=O) groups is 4. The standard InChI is InChI=1S/C38H61N5O5/c1-10-42(11-2)25-33(29-18-13-12-14-19-29)48-38(47)31-21-17-23-43(31)36(45)28(7)24-32(26(3)4)41(9)37(46)34(27(5)6)39-35(44)30-20-15-16-22-40(30)8/h12-14,18-19,24,26-27,30-34H,10-11,15-17,20-23,25H2,1-9H3,(H,39,44)/t30?,31-,32+,33?,34-/m0/s1. The highest BCUT2D eigenvalue weighted by molar-refractivity contribution is 5.96. The van der Waals surface area contributed by atoms with Crippen molar-refractivity contribution in [1.82, 2.24) is 24.9 Å². The lowest BCUT2D eigenvalue weighted by Gasteiger charge is -2.36. The van der Waals surface area contributed by atoms with E-state index in [1.54, 1.807) is 23.8 Å². The normalized spacial score (nSPS) is 20.9. The number of amides is 3. The number of nitrogens with zero attached hydrogens (tertiary/aromatic N) is 4. The molecule has 0 aliphatic carbocycles. The number of likely N-dealkylation sites (tertiary alicyclic amines) is 2. The number of likely N-dealkylation sites (N-methyl/N-ethyl adjacent to an activating group) is 3. The molecule has 3 rings (SSSR count). The third kappa shape index (κ3) is 10.1. The smallest absolute Gasteiger partial charge is 0.329 e. The Morgan fingerprint density at radius 3 is 2.17 bits per heavy atom. The minimum absolute atomic E-state index is 0.000685. The van der Waals surface area contributed by atoms with Crippen LogP contribution in [0.2, 0.25) is 0 Å². The lowest BCUT2D eigenvalue weighted by molar-refractivity contribution is -0.158. The summed E-state index contributed by atoms with van der Waals surface area (Å²) in [6.45, 7) is 17.4. The molecule has 3 amide bonds. The topological polar surface area (TPSA) is 102 Å². The minimum atomic E-state index is -0.685. The average Bonchev–Trinajstić information content (AvgIpc) is 3.57. The van der Waals surface area contributed by atoms with E-state index >= 15 is 0 Å². The van der Waals surface area contributed by atoms with Crippen molar-refractivity contribution in [3.8, 4) is 0 Å². The zero-order valence-corrected chi connectivity index (χ0v) is 30.9. The maximum atomic E-state index is 13.9. The van der Waals surface area contributed by atoms with Gasteiger partial charge in [-0.1, -0.05) is 84.4 Å². The molecule has 2 aliphatic heterocycles. The maximum Gasteiger partial charge on any atom is 0.329 e. The molecule has 2 unspecified atom stereocenters. The van der Waals surface area contributed by atoms with Crippen LogP contribution in [0.4, 0.5) is 0 Å². The number of ether oxygens (including phenoxy) is 1. The summed E-state index contributed by atoms with van der Waals surface area (Å²) in [4.78, 5) is 62.3. The summed E-state index contributed by atoms with van der Waals surface area (Å²) in [6.07, 6.45) is 5.50. The first kappa shape index (κ1) is 39.2. The van der Waals surface area contributed by atoms with E-state index in [0.29, 0.717) is 31.5 Å². The van der Waals surface area contributed by atoms with Crippen LogP contribution in [0.25, 0.3) is 0 Å². The van der Waals surface area contributed by atoms with Gasteiger partial charge in [0.05, 0.1) is 12.1 Å². The van der Waals surface area contributed by atoms with Gasteiger partial charge >= 0.3 is 5.97 Å². The first-order valence-electron chi connectivity index (χ1n) is 18.0. The number of nitrogens with one attached hydrogen (secondary N) is 1. The van der Waals surface area contributed by atoms with Gasteiger partial charge in [0.15, 0.2) is 0 Å². The Balaban J connectivity index is 1.75. The lowest BCUT2D eigenvalue weighted by atomic mass is 9.96. The Labute approximate surface area is 289 Å². The molecule has 5 atom stereocenters. The van der Waals surface area contributed by atoms with Gasteiger partial charge < -0.3 is 19.9 Å².